The maximum atomic E-state index is 16.4. The normalized spacial score (nSPS) is 15.0. The number of anilines is 2. The standard InChI is InChI=1S/C37H41FN6O2/c1-9-18-41(8)31-17-12-11-14-28(31)33-30(38)21-29-35(43-20-19-42(22-25(43)7)32(45)10-2)40-37(46)44(36(29)39-33)34-26(23(3)4)15-13-16-27(34)24(5)6/h1,10-17,21,23-25H,2,18-20,22H2,3-8H3/t25-/m0/s1. The van der Waals surface area contributed by atoms with Crippen molar-refractivity contribution < 1.29 is 9.18 Å². The van der Waals surface area contributed by atoms with Crippen LogP contribution in [0.2, 0.25) is 0 Å². The van der Waals surface area contributed by atoms with Crippen molar-refractivity contribution in [3.63, 3.8) is 0 Å². The highest BCUT2D eigenvalue weighted by Crippen LogP contribution is 2.37. The third-order valence-corrected chi connectivity index (χ3v) is 8.65. The number of halogens is 1. The van der Waals surface area contributed by atoms with Crippen LogP contribution in [-0.2, 0) is 4.79 Å². The summed E-state index contributed by atoms with van der Waals surface area (Å²) in [6.07, 6.45) is 6.91. The molecule has 0 radical (unpaired) electrons. The van der Waals surface area contributed by atoms with Gasteiger partial charge in [0.05, 0.1) is 17.6 Å². The van der Waals surface area contributed by atoms with E-state index in [2.05, 4.69) is 45.2 Å². The van der Waals surface area contributed by atoms with E-state index >= 15 is 4.39 Å². The van der Waals surface area contributed by atoms with Crippen LogP contribution in [0.25, 0.3) is 28.0 Å². The number of hydrogen-bond donors (Lipinski definition) is 0. The molecule has 4 aromatic rings. The van der Waals surface area contributed by atoms with Crippen LogP contribution in [0.15, 0.2) is 66.0 Å². The number of carbonyl (C=O) groups is 1. The maximum Gasteiger partial charge on any atom is 0.355 e. The molecule has 1 aliphatic heterocycles. The molecule has 9 heteroatoms. The fourth-order valence-electron chi connectivity index (χ4n) is 6.32. The fraction of sp³-hybridized carbons (Fsp3) is 0.351. The van der Waals surface area contributed by atoms with E-state index in [1.54, 1.807) is 9.47 Å². The summed E-state index contributed by atoms with van der Waals surface area (Å²) < 4.78 is 18.0. The average Bonchev–Trinajstić information content (AvgIpc) is 3.03. The lowest BCUT2D eigenvalue weighted by atomic mass is 9.92. The number of carbonyl (C=O) groups excluding carboxylic acids is 1. The summed E-state index contributed by atoms with van der Waals surface area (Å²) >= 11 is 0. The molecular weight excluding hydrogens is 579 g/mol. The second-order valence-electron chi connectivity index (χ2n) is 12.4. The molecule has 2 aromatic heterocycles. The van der Waals surface area contributed by atoms with Crippen molar-refractivity contribution in [1.82, 2.24) is 19.4 Å². The molecule has 1 amide bonds. The fourth-order valence-corrected chi connectivity index (χ4v) is 6.32. The molecule has 8 nitrogen and oxygen atoms in total. The van der Waals surface area contributed by atoms with Gasteiger partial charge >= 0.3 is 5.69 Å². The van der Waals surface area contributed by atoms with Gasteiger partial charge in [-0.05, 0) is 48.1 Å². The topological polar surface area (TPSA) is 74.6 Å². The molecule has 46 heavy (non-hydrogen) atoms. The molecule has 0 aliphatic carbocycles. The van der Waals surface area contributed by atoms with Crippen molar-refractivity contribution in [2.45, 2.75) is 52.5 Å². The van der Waals surface area contributed by atoms with E-state index in [1.807, 2.05) is 66.2 Å². The molecule has 1 aliphatic rings. The number of fused-ring (bicyclic) bond motifs is 1. The number of rotatable bonds is 8. The van der Waals surface area contributed by atoms with E-state index in [0.717, 1.165) is 22.5 Å². The van der Waals surface area contributed by atoms with Crippen LogP contribution in [0.5, 0.6) is 0 Å². The van der Waals surface area contributed by atoms with Gasteiger partial charge in [0.1, 0.15) is 17.3 Å². The summed E-state index contributed by atoms with van der Waals surface area (Å²) in [5.41, 5.74) is 3.86. The number of para-hydroxylation sites is 2. The number of nitrogens with zero attached hydrogens (tertiary/aromatic N) is 6. The number of piperazine rings is 1. The van der Waals surface area contributed by atoms with E-state index in [-0.39, 0.29) is 29.5 Å². The first-order valence-corrected chi connectivity index (χ1v) is 15.7. The maximum absolute atomic E-state index is 16.4. The van der Waals surface area contributed by atoms with Crippen LogP contribution >= 0.6 is 0 Å². The summed E-state index contributed by atoms with van der Waals surface area (Å²) in [6.45, 7) is 15.5. The lowest BCUT2D eigenvalue weighted by Crippen LogP contribution is -2.54. The highest BCUT2D eigenvalue weighted by atomic mass is 19.1. The quantitative estimate of drug-likeness (QED) is 0.174. The van der Waals surface area contributed by atoms with E-state index in [1.165, 1.54) is 12.1 Å². The molecule has 0 saturated carbocycles. The molecule has 0 spiro atoms. The predicted molar refractivity (Wildman–Crippen MR) is 184 cm³/mol. The van der Waals surface area contributed by atoms with Crippen molar-refractivity contribution in [1.29, 1.82) is 0 Å². The largest absolute Gasteiger partial charge is 0.363 e. The Hall–Kier alpha value is -4.97. The Bertz CT molecular complexity index is 1880. The Labute approximate surface area is 270 Å². The highest BCUT2D eigenvalue weighted by molar-refractivity contribution is 5.92. The Kier molecular flexibility index (Phi) is 9.29. The highest BCUT2D eigenvalue weighted by Gasteiger charge is 2.31. The molecule has 238 valence electrons. The minimum atomic E-state index is -0.545. The van der Waals surface area contributed by atoms with Gasteiger partial charge in [0.2, 0.25) is 5.91 Å². The van der Waals surface area contributed by atoms with Crippen LogP contribution in [-0.4, -0.2) is 64.6 Å². The predicted octanol–water partition coefficient (Wildman–Crippen LogP) is 6.13. The molecule has 2 aromatic carbocycles. The zero-order chi connectivity index (χ0) is 33.3. The van der Waals surface area contributed by atoms with Crippen molar-refractivity contribution in [3.05, 3.63) is 88.6 Å². The molecule has 5 rings (SSSR count). The second kappa shape index (κ2) is 13.2. The molecule has 1 atom stereocenters. The van der Waals surface area contributed by atoms with Crippen LogP contribution in [0.3, 0.4) is 0 Å². The van der Waals surface area contributed by atoms with Crippen molar-refractivity contribution in [2.75, 3.05) is 43.0 Å². The Morgan fingerprint density at radius 2 is 1.78 bits per heavy atom. The summed E-state index contributed by atoms with van der Waals surface area (Å²) in [7, 11) is 1.85. The van der Waals surface area contributed by atoms with Crippen molar-refractivity contribution >= 4 is 28.4 Å². The molecule has 3 heterocycles. The van der Waals surface area contributed by atoms with E-state index in [0.29, 0.717) is 48.6 Å². The van der Waals surface area contributed by atoms with Gasteiger partial charge in [0, 0.05) is 44.0 Å². The lowest BCUT2D eigenvalue weighted by molar-refractivity contribution is -0.126. The minimum absolute atomic E-state index is 0.0869. The van der Waals surface area contributed by atoms with Crippen LogP contribution in [0.4, 0.5) is 15.9 Å². The molecular formula is C37H41FN6O2. The summed E-state index contributed by atoms with van der Waals surface area (Å²) in [5, 5.41) is 0.416. The Balaban J connectivity index is 1.85. The number of hydrogen-bond acceptors (Lipinski definition) is 6. The smallest absolute Gasteiger partial charge is 0.355 e. The first-order chi connectivity index (χ1) is 22.0. The van der Waals surface area contributed by atoms with Gasteiger partial charge in [-0.3, -0.25) is 4.79 Å². The Morgan fingerprint density at radius 1 is 1.11 bits per heavy atom. The van der Waals surface area contributed by atoms with Gasteiger partial charge in [-0.25, -0.2) is 18.7 Å². The first-order valence-electron chi connectivity index (χ1n) is 15.7. The van der Waals surface area contributed by atoms with Gasteiger partial charge in [-0.1, -0.05) is 76.6 Å². The third kappa shape index (κ3) is 5.87. The van der Waals surface area contributed by atoms with Crippen LogP contribution in [0, 0.1) is 18.2 Å². The summed E-state index contributed by atoms with van der Waals surface area (Å²) in [5.74, 6) is 2.46. The zero-order valence-electron chi connectivity index (χ0n) is 27.4. The number of aromatic nitrogens is 3. The molecule has 0 bridgehead atoms. The number of benzene rings is 2. The lowest BCUT2D eigenvalue weighted by Gasteiger charge is -2.40. The van der Waals surface area contributed by atoms with Gasteiger partial charge < -0.3 is 14.7 Å². The monoisotopic (exact) mass is 620 g/mol. The van der Waals surface area contributed by atoms with Gasteiger partial charge in [0.15, 0.2) is 5.65 Å². The minimum Gasteiger partial charge on any atom is -0.363 e. The van der Waals surface area contributed by atoms with Crippen molar-refractivity contribution in [3.8, 4) is 29.3 Å². The molecule has 1 saturated heterocycles. The average molecular weight is 621 g/mol. The molecule has 1 fully saturated rings. The first kappa shape index (κ1) is 32.4. The number of terminal acetylenes is 1. The van der Waals surface area contributed by atoms with E-state index < -0.39 is 11.5 Å². The zero-order valence-corrected chi connectivity index (χ0v) is 27.4. The second-order valence-corrected chi connectivity index (χ2v) is 12.4. The molecule has 0 unspecified atom stereocenters. The number of amides is 1. The van der Waals surface area contributed by atoms with Gasteiger partial charge in [-0.2, -0.15) is 4.98 Å². The van der Waals surface area contributed by atoms with Crippen LogP contribution in [0.1, 0.15) is 57.6 Å². The van der Waals surface area contributed by atoms with Crippen LogP contribution < -0.4 is 15.5 Å². The number of pyridine rings is 1. The van der Waals surface area contributed by atoms with Gasteiger partial charge in [0.25, 0.3) is 0 Å². The molecule has 0 N–H and O–H groups in total. The Morgan fingerprint density at radius 3 is 2.39 bits per heavy atom. The summed E-state index contributed by atoms with van der Waals surface area (Å²) in [6, 6.07) is 14.7. The van der Waals surface area contributed by atoms with Gasteiger partial charge in [-0.15, -0.1) is 6.42 Å². The summed E-state index contributed by atoms with van der Waals surface area (Å²) in [4.78, 5) is 41.9. The van der Waals surface area contributed by atoms with E-state index in [9.17, 15) is 9.59 Å². The third-order valence-electron chi connectivity index (χ3n) is 8.65. The SMILES string of the molecule is C#CCN(C)c1ccccc1-c1nc2c(cc1F)c(N1CCN(C(=O)C=C)C[C@@H]1C)nc(=O)n2-c1c(C(C)C)cccc1C(C)C. The van der Waals surface area contributed by atoms with E-state index in [4.69, 9.17) is 11.4 Å². The van der Waals surface area contributed by atoms with Crippen molar-refractivity contribution in [2.24, 2.45) is 0 Å².